The largest absolute Gasteiger partial charge is 0.456 e. The summed E-state index contributed by atoms with van der Waals surface area (Å²) >= 11 is 0. The van der Waals surface area contributed by atoms with Gasteiger partial charge in [-0.25, -0.2) is 0 Å². The van der Waals surface area contributed by atoms with Crippen molar-refractivity contribution in [1.29, 1.82) is 0 Å². The fourth-order valence-electron chi connectivity index (χ4n) is 8.89. The van der Waals surface area contributed by atoms with E-state index in [4.69, 9.17) is 4.42 Å². The molecule has 0 bridgehead atoms. The number of fused-ring (bicyclic) bond motifs is 10. The van der Waals surface area contributed by atoms with Gasteiger partial charge in [0.25, 0.3) is 0 Å². The minimum Gasteiger partial charge on any atom is -0.456 e. The highest BCUT2D eigenvalue weighted by molar-refractivity contribution is 6.21. The Balaban J connectivity index is 1.21. The Kier molecular flexibility index (Phi) is 9.79. The molecule has 0 aliphatic heterocycles. The van der Waals surface area contributed by atoms with Crippen molar-refractivity contribution in [3.05, 3.63) is 216 Å². The second-order valence-corrected chi connectivity index (χ2v) is 15.3. The summed E-state index contributed by atoms with van der Waals surface area (Å²) in [6.07, 6.45) is 24.3. The Bertz CT molecular complexity index is 2900. The van der Waals surface area contributed by atoms with Gasteiger partial charge in [-0.2, -0.15) is 0 Å². The van der Waals surface area contributed by atoms with Gasteiger partial charge < -0.3 is 4.42 Å². The molecule has 6 aromatic carbocycles. The zero-order valence-corrected chi connectivity index (χ0v) is 33.1. The molecule has 1 nitrogen and oxygen atoms in total. The van der Waals surface area contributed by atoms with Crippen molar-refractivity contribution >= 4 is 65.4 Å². The Morgan fingerprint density at radius 3 is 1.84 bits per heavy atom. The number of hydrogen-bond acceptors (Lipinski definition) is 1. The molecule has 1 aliphatic carbocycles. The molecule has 1 aromatic heterocycles. The van der Waals surface area contributed by atoms with Gasteiger partial charge in [0.05, 0.1) is 0 Å². The molecule has 0 radical (unpaired) electrons. The third-order valence-electron chi connectivity index (χ3n) is 11.6. The van der Waals surface area contributed by atoms with E-state index in [-0.39, 0.29) is 5.41 Å². The van der Waals surface area contributed by atoms with Crippen LogP contribution in [0, 0.1) is 0 Å². The van der Waals surface area contributed by atoms with Crippen LogP contribution in [-0.4, -0.2) is 0 Å². The highest BCUT2D eigenvalue weighted by atomic mass is 16.3. The quantitative estimate of drug-likeness (QED) is 0.107. The van der Waals surface area contributed by atoms with E-state index in [1.165, 1.54) is 76.5 Å². The molecule has 1 heteroatoms. The SMILES string of the molecule is C=C/C=C(/C=C\C(=C\C=C)c1c2ccccc2c(/C(C)=C/C=C\C)c2ccccc12)C(\C)=C\C=C1/Cc2c(c3oc4ccccc4c3c3ccccc23)C1(C)C. The molecule has 0 saturated heterocycles. The predicted molar refractivity (Wildman–Crippen MR) is 245 cm³/mol. The van der Waals surface area contributed by atoms with E-state index in [2.05, 4.69) is 200 Å². The molecule has 0 N–H and O–H groups in total. The van der Waals surface area contributed by atoms with E-state index >= 15 is 0 Å². The van der Waals surface area contributed by atoms with Crippen LogP contribution in [0.25, 0.3) is 65.4 Å². The summed E-state index contributed by atoms with van der Waals surface area (Å²) in [5.74, 6) is 0. The standard InChI is InChI=1S/C55H48O/c1-8-11-22-37(5)50-43-25-14-16-27-45(43)51(46-28-17-15-26-44(46)50)39(21-10-3)33-32-38(20-9-2)36(4)31-34-40-35-48-41-23-12-13-24-42(41)52-47-29-18-19-30-49(47)56-54(52)53(48)55(40,6)7/h8-34H,2-3,35H2,1,4-7H3/b11-8-,33-32-,36-31+,37-22+,38-20-,39-21-,40-34+. The third kappa shape index (κ3) is 6.14. The number of rotatable bonds is 9. The van der Waals surface area contributed by atoms with Crippen molar-refractivity contribution in [2.75, 3.05) is 0 Å². The lowest BCUT2D eigenvalue weighted by atomic mass is 9.81. The van der Waals surface area contributed by atoms with Gasteiger partial charge in [-0.1, -0.05) is 190 Å². The van der Waals surface area contributed by atoms with Crippen molar-refractivity contribution in [2.45, 2.75) is 46.5 Å². The van der Waals surface area contributed by atoms with Crippen LogP contribution in [0.2, 0.25) is 0 Å². The topological polar surface area (TPSA) is 13.1 Å². The van der Waals surface area contributed by atoms with E-state index in [0.29, 0.717) is 0 Å². The maximum Gasteiger partial charge on any atom is 0.140 e. The van der Waals surface area contributed by atoms with Crippen molar-refractivity contribution in [1.82, 2.24) is 0 Å². The predicted octanol–water partition coefficient (Wildman–Crippen LogP) is 15.7. The summed E-state index contributed by atoms with van der Waals surface area (Å²) in [7, 11) is 0. The monoisotopic (exact) mass is 724 g/mol. The summed E-state index contributed by atoms with van der Waals surface area (Å²) in [6.45, 7) is 19.4. The number of hydrogen-bond donors (Lipinski definition) is 0. The zero-order chi connectivity index (χ0) is 39.0. The molecule has 0 atom stereocenters. The van der Waals surface area contributed by atoms with Gasteiger partial charge in [-0.05, 0) is 105 Å². The first kappa shape index (κ1) is 36.5. The van der Waals surface area contributed by atoms with Gasteiger partial charge >= 0.3 is 0 Å². The Labute approximate surface area is 331 Å². The van der Waals surface area contributed by atoms with Gasteiger partial charge in [-0.15, -0.1) is 0 Å². The minimum absolute atomic E-state index is 0.213. The molecule has 0 fully saturated rings. The Morgan fingerprint density at radius 2 is 1.21 bits per heavy atom. The summed E-state index contributed by atoms with van der Waals surface area (Å²) in [4.78, 5) is 0. The molecule has 1 heterocycles. The molecule has 0 saturated carbocycles. The third-order valence-corrected chi connectivity index (χ3v) is 11.6. The van der Waals surface area contributed by atoms with Gasteiger partial charge in [0.15, 0.2) is 0 Å². The lowest BCUT2D eigenvalue weighted by molar-refractivity contribution is 0.613. The summed E-state index contributed by atoms with van der Waals surface area (Å²) in [5, 5.41) is 9.87. The van der Waals surface area contributed by atoms with Crippen LogP contribution >= 0.6 is 0 Å². The molecule has 1 aliphatic rings. The van der Waals surface area contributed by atoms with E-state index in [0.717, 1.165) is 34.3 Å². The maximum atomic E-state index is 6.69. The Morgan fingerprint density at radius 1 is 0.643 bits per heavy atom. The molecule has 8 rings (SSSR count). The lowest BCUT2D eigenvalue weighted by Gasteiger charge is -2.22. The van der Waals surface area contributed by atoms with Crippen molar-refractivity contribution in [3.8, 4) is 0 Å². The minimum atomic E-state index is -0.213. The van der Waals surface area contributed by atoms with Gasteiger partial charge in [0, 0.05) is 21.8 Å². The van der Waals surface area contributed by atoms with Crippen LogP contribution in [0.1, 0.15) is 56.9 Å². The highest BCUT2D eigenvalue weighted by Gasteiger charge is 2.39. The molecule has 56 heavy (non-hydrogen) atoms. The smallest absolute Gasteiger partial charge is 0.140 e. The second-order valence-electron chi connectivity index (χ2n) is 15.3. The first-order chi connectivity index (χ1) is 27.3. The average Bonchev–Trinajstić information content (AvgIpc) is 3.73. The second kappa shape index (κ2) is 15.0. The summed E-state index contributed by atoms with van der Waals surface area (Å²) in [6, 6.07) is 34.8. The number of furan rings is 1. The van der Waals surface area contributed by atoms with Crippen LogP contribution in [0.3, 0.4) is 0 Å². The van der Waals surface area contributed by atoms with Crippen LogP contribution in [0.15, 0.2) is 198 Å². The van der Waals surface area contributed by atoms with Crippen LogP contribution in [0.4, 0.5) is 0 Å². The van der Waals surface area contributed by atoms with Crippen LogP contribution < -0.4 is 0 Å². The van der Waals surface area contributed by atoms with Gasteiger partial charge in [0.2, 0.25) is 0 Å². The Hall–Kier alpha value is -6.44. The lowest BCUT2D eigenvalue weighted by Crippen LogP contribution is -2.15. The number of allylic oxidation sites excluding steroid dienone is 16. The summed E-state index contributed by atoms with van der Waals surface area (Å²) in [5.41, 5.74) is 12.9. The van der Waals surface area contributed by atoms with Gasteiger partial charge in [0.1, 0.15) is 11.2 Å². The number of benzene rings is 6. The van der Waals surface area contributed by atoms with E-state index in [9.17, 15) is 0 Å². The molecule has 7 aromatic rings. The fourth-order valence-corrected chi connectivity index (χ4v) is 8.89. The fraction of sp³-hybridized carbons (Fsp3) is 0.127. The zero-order valence-electron chi connectivity index (χ0n) is 33.1. The molecule has 274 valence electrons. The van der Waals surface area contributed by atoms with E-state index in [1.54, 1.807) is 0 Å². The van der Waals surface area contributed by atoms with Crippen molar-refractivity contribution in [3.63, 3.8) is 0 Å². The van der Waals surface area contributed by atoms with E-state index < -0.39 is 0 Å². The van der Waals surface area contributed by atoms with Gasteiger partial charge in [-0.3, -0.25) is 0 Å². The first-order valence-corrected chi connectivity index (χ1v) is 19.6. The van der Waals surface area contributed by atoms with Crippen LogP contribution in [0.5, 0.6) is 0 Å². The molecular weight excluding hydrogens is 677 g/mol. The molecule has 0 amide bonds. The van der Waals surface area contributed by atoms with Crippen LogP contribution in [-0.2, 0) is 11.8 Å². The summed E-state index contributed by atoms with van der Waals surface area (Å²) < 4.78 is 6.69. The van der Waals surface area contributed by atoms with Crippen molar-refractivity contribution < 1.29 is 4.42 Å². The average molecular weight is 725 g/mol. The van der Waals surface area contributed by atoms with Crippen molar-refractivity contribution in [2.24, 2.45) is 0 Å². The maximum absolute atomic E-state index is 6.69. The number of para-hydroxylation sites is 1. The van der Waals surface area contributed by atoms with E-state index in [1.807, 2.05) is 12.2 Å². The first-order valence-electron chi connectivity index (χ1n) is 19.6. The molecular formula is C55H48O. The highest BCUT2D eigenvalue weighted by Crippen LogP contribution is 2.51. The molecule has 0 unspecified atom stereocenters. The normalized spacial score (nSPS) is 16.1. The molecule has 0 spiro atoms.